The largest absolute Gasteiger partial charge is 0.489 e. The number of benzene rings is 3. The first-order valence-electron chi connectivity index (χ1n) is 10.8. The molecule has 0 radical (unpaired) electrons. The zero-order valence-corrected chi connectivity index (χ0v) is 19.3. The van der Waals surface area contributed by atoms with Crippen molar-refractivity contribution in [3.8, 4) is 5.75 Å². The lowest BCUT2D eigenvalue weighted by atomic mass is 10.1. The van der Waals surface area contributed by atoms with Crippen molar-refractivity contribution in [2.75, 3.05) is 38.5 Å². The third kappa shape index (κ3) is 5.60. The summed E-state index contributed by atoms with van der Waals surface area (Å²) in [6.45, 7) is 2.52. The maximum atomic E-state index is 13.1. The molecule has 1 amide bonds. The van der Waals surface area contributed by atoms with Crippen LogP contribution < -0.4 is 10.1 Å². The van der Waals surface area contributed by atoms with Crippen LogP contribution in [0.5, 0.6) is 5.75 Å². The van der Waals surface area contributed by atoms with Gasteiger partial charge in [0.1, 0.15) is 12.4 Å². The van der Waals surface area contributed by atoms with Gasteiger partial charge >= 0.3 is 0 Å². The second-order valence-electron chi connectivity index (χ2n) is 7.95. The first-order valence-corrected chi connectivity index (χ1v) is 12.2. The molecule has 0 bridgehead atoms. The molecule has 0 aromatic heterocycles. The van der Waals surface area contributed by atoms with Crippen LogP contribution in [0.15, 0.2) is 83.8 Å². The highest BCUT2D eigenvalue weighted by atomic mass is 32.2. The number of ether oxygens (including phenoxy) is 1. The fourth-order valence-electron chi connectivity index (χ4n) is 3.66. The monoisotopic (exact) mass is 465 g/mol. The number of likely N-dealkylation sites (N-methyl/N-ethyl adjacent to an activating group) is 1. The molecule has 3 aromatic rings. The van der Waals surface area contributed by atoms with Gasteiger partial charge in [-0.1, -0.05) is 42.5 Å². The van der Waals surface area contributed by atoms with E-state index in [0.717, 1.165) is 11.3 Å². The fourth-order valence-corrected chi connectivity index (χ4v) is 5.12. The Hall–Kier alpha value is -3.20. The Morgan fingerprint density at radius 2 is 1.61 bits per heavy atom. The fraction of sp³-hybridized carbons (Fsp3) is 0.240. The van der Waals surface area contributed by atoms with Crippen LogP contribution in [0.2, 0.25) is 0 Å². The number of hydrogen-bond donors (Lipinski definition) is 1. The van der Waals surface area contributed by atoms with E-state index >= 15 is 0 Å². The number of amides is 1. The van der Waals surface area contributed by atoms with Crippen LogP contribution in [0, 0.1) is 0 Å². The first kappa shape index (κ1) is 23.0. The summed E-state index contributed by atoms with van der Waals surface area (Å²) in [5, 5.41) is 2.83. The highest BCUT2D eigenvalue weighted by Gasteiger charge is 2.27. The van der Waals surface area contributed by atoms with Crippen LogP contribution in [-0.2, 0) is 16.6 Å². The van der Waals surface area contributed by atoms with Gasteiger partial charge in [0.15, 0.2) is 0 Å². The van der Waals surface area contributed by atoms with Crippen LogP contribution in [-0.4, -0.2) is 56.8 Å². The highest BCUT2D eigenvalue weighted by Crippen LogP contribution is 2.22. The number of nitrogens with zero attached hydrogens (tertiary/aromatic N) is 2. The van der Waals surface area contributed by atoms with E-state index in [1.54, 1.807) is 30.3 Å². The van der Waals surface area contributed by atoms with Gasteiger partial charge in [0, 0.05) is 43.0 Å². The van der Waals surface area contributed by atoms with E-state index in [4.69, 9.17) is 4.74 Å². The summed E-state index contributed by atoms with van der Waals surface area (Å²) in [5.74, 6) is 0.394. The van der Waals surface area contributed by atoms with Gasteiger partial charge in [0.05, 0.1) is 4.90 Å². The lowest BCUT2D eigenvalue weighted by Gasteiger charge is -2.31. The van der Waals surface area contributed by atoms with Gasteiger partial charge in [-0.15, -0.1) is 0 Å². The number of piperazine rings is 1. The average molecular weight is 466 g/mol. The molecule has 0 unspecified atom stereocenters. The summed E-state index contributed by atoms with van der Waals surface area (Å²) >= 11 is 0. The molecule has 1 N–H and O–H groups in total. The first-order chi connectivity index (χ1) is 15.9. The van der Waals surface area contributed by atoms with Crippen LogP contribution >= 0.6 is 0 Å². The van der Waals surface area contributed by atoms with Crippen molar-refractivity contribution in [3.05, 3.63) is 90.0 Å². The maximum Gasteiger partial charge on any atom is 0.256 e. The topological polar surface area (TPSA) is 79.0 Å². The Balaban J connectivity index is 1.48. The van der Waals surface area contributed by atoms with E-state index in [0.29, 0.717) is 37.4 Å². The Morgan fingerprint density at radius 1 is 0.909 bits per heavy atom. The van der Waals surface area contributed by atoms with Crippen LogP contribution in [0.25, 0.3) is 0 Å². The molecule has 1 fully saturated rings. The lowest BCUT2D eigenvalue weighted by molar-refractivity contribution is 0.102. The van der Waals surface area contributed by atoms with Crippen molar-refractivity contribution in [1.82, 2.24) is 9.21 Å². The SMILES string of the molecule is CN1CCN(S(=O)(=O)c2cccc(NC(=O)c3ccccc3COc3ccccc3)c2)CC1. The normalized spacial score (nSPS) is 15.2. The summed E-state index contributed by atoms with van der Waals surface area (Å²) < 4.78 is 33.4. The summed E-state index contributed by atoms with van der Waals surface area (Å²) in [6, 6.07) is 23.0. The molecule has 1 aliphatic rings. The summed E-state index contributed by atoms with van der Waals surface area (Å²) in [4.78, 5) is 15.3. The quantitative estimate of drug-likeness (QED) is 0.578. The van der Waals surface area contributed by atoms with Gasteiger partial charge in [-0.25, -0.2) is 8.42 Å². The highest BCUT2D eigenvalue weighted by molar-refractivity contribution is 7.89. The number of nitrogens with one attached hydrogen (secondary N) is 1. The van der Waals surface area contributed by atoms with Crippen molar-refractivity contribution in [3.63, 3.8) is 0 Å². The van der Waals surface area contributed by atoms with Crippen molar-refractivity contribution in [2.45, 2.75) is 11.5 Å². The second-order valence-corrected chi connectivity index (χ2v) is 9.89. The van der Waals surface area contributed by atoms with E-state index < -0.39 is 10.0 Å². The second kappa shape index (κ2) is 10.2. The van der Waals surface area contributed by atoms with Crippen molar-refractivity contribution in [2.24, 2.45) is 0 Å². The van der Waals surface area contributed by atoms with Gasteiger partial charge < -0.3 is 15.0 Å². The minimum atomic E-state index is -3.62. The number of anilines is 1. The minimum absolute atomic E-state index is 0.172. The molecule has 172 valence electrons. The molecule has 1 aliphatic heterocycles. The van der Waals surface area contributed by atoms with Crippen molar-refractivity contribution < 1.29 is 17.9 Å². The smallest absolute Gasteiger partial charge is 0.256 e. The number of carbonyl (C=O) groups is 1. The van der Waals surface area contributed by atoms with Crippen LogP contribution in [0.3, 0.4) is 0 Å². The maximum absolute atomic E-state index is 13.1. The van der Waals surface area contributed by atoms with E-state index in [1.165, 1.54) is 10.4 Å². The van der Waals surface area contributed by atoms with E-state index in [2.05, 4.69) is 10.2 Å². The van der Waals surface area contributed by atoms with Crippen molar-refractivity contribution in [1.29, 1.82) is 0 Å². The number of rotatable bonds is 7. The molecule has 0 aliphatic carbocycles. The molecule has 0 atom stereocenters. The number of sulfonamides is 1. The average Bonchev–Trinajstić information content (AvgIpc) is 2.84. The molecule has 7 nitrogen and oxygen atoms in total. The summed E-state index contributed by atoms with van der Waals surface area (Å²) in [5.41, 5.74) is 1.63. The number of carbonyl (C=O) groups excluding carboxylic acids is 1. The molecular formula is C25H27N3O4S. The molecule has 3 aromatic carbocycles. The molecule has 0 saturated carbocycles. The summed E-state index contributed by atoms with van der Waals surface area (Å²) in [6.07, 6.45) is 0. The predicted octanol–water partition coefficient (Wildman–Crippen LogP) is 3.45. The number of para-hydroxylation sites is 1. The zero-order valence-electron chi connectivity index (χ0n) is 18.5. The van der Waals surface area contributed by atoms with Crippen LogP contribution in [0.1, 0.15) is 15.9 Å². The van der Waals surface area contributed by atoms with E-state index in [1.807, 2.05) is 49.5 Å². The number of hydrogen-bond acceptors (Lipinski definition) is 5. The Kier molecular flexibility index (Phi) is 7.08. The summed E-state index contributed by atoms with van der Waals surface area (Å²) in [7, 11) is -1.65. The Bertz CT molecular complexity index is 1210. The van der Waals surface area contributed by atoms with Gasteiger partial charge in [-0.05, 0) is 43.4 Å². The minimum Gasteiger partial charge on any atom is -0.489 e. The molecule has 8 heteroatoms. The van der Waals surface area contributed by atoms with E-state index in [-0.39, 0.29) is 17.4 Å². The molecular weight excluding hydrogens is 438 g/mol. The van der Waals surface area contributed by atoms with Gasteiger partial charge in [-0.3, -0.25) is 4.79 Å². The molecule has 1 saturated heterocycles. The van der Waals surface area contributed by atoms with Crippen LogP contribution in [0.4, 0.5) is 5.69 Å². The third-order valence-corrected chi connectivity index (χ3v) is 7.49. The molecule has 1 heterocycles. The van der Waals surface area contributed by atoms with Crippen molar-refractivity contribution >= 4 is 21.6 Å². The third-order valence-electron chi connectivity index (χ3n) is 5.59. The lowest BCUT2D eigenvalue weighted by Crippen LogP contribution is -2.47. The molecule has 4 rings (SSSR count). The Morgan fingerprint density at radius 3 is 2.36 bits per heavy atom. The zero-order chi connectivity index (χ0) is 23.3. The molecule has 33 heavy (non-hydrogen) atoms. The van der Waals surface area contributed by atoms with Gasteiger partial charge in [0.25, 0.3) is 5.91 Å². The molecule has 0 spiro atoms. The predicted molar refractivity (Wildman–Crippen MR) is 128 cm³/mol. The standard InChI is InChI=1S/C25H27N3O4S/c1-27-14-16-28(17-15-27)33(30,31)23-12-7-9-21(18-23)26-25(29)24-13-6-5-8-20(24)19-32-22-10-3-2-4-11-22/h2-13,18H,14-17,19H2,1H3,(H,26,29). The van der Waals surface area contributed by atoms with Gasteiger partial charge in [0.2, 0.25) is 10.0 Å². The van der Waals surface area contributed by atoms with Gasteiger partial charge in [-0.2, -0.15) is 4.31 Å². The Labute approximate surface area is 194 Å². The van der Waals surface area contributed by atoms with E-state index in [9.17, 15) is 13.2 Å².